The van der Waals surface area contributed by atoms with Gasteiger partial charge < -0.3 is 16.2 Å². The van der Waals surface area contributed by atoms with Crippen molar-refractivity contribution < 1.29 is 9.90 Å². The minimum Gasteiger partial charge on any atom is -0.506 e. The summed E-state index contributed by atoms with van der Waals surface area (Å²) in [5, 5.41) is 13.3. The summed E-state index contributed by atoms with van der Waals surface area (Å²) in [6.07, 6.45) is 5.77. The van der Waals surface area contributed by atoms with Crippen molar-refractivity contribution in [1.82, 2.24) is 0 Å². The van der Waals surface area contributed by atoms with Crippen LogP contribution in [0.3, 0.4) is 0 Å². The first-order valence-corrected chi connectivity index (χ1v) is 8.35. The molecule has 1 saturated carbocycles. The van der Waals surface area contributed by atoms with Crippen LogP contribution in [-0.2, 0) is 10.2 Å². The third-order valence-electron chi connectivity index (χ3n) is 5.07. The molecule has 1 heterocycles. The Bertz CT molecular complexity index is 897. The van der Waals surface area contributed by atoms with E-state index in [2.05, 4.69) is 10.3 Å². The third kappa shape index (κ3) is 2.39. The molecule has 1 amide bonds. The third-order valence-corrected chi connectivity index (χ3v) is 5.07. The van der Waals surface area contributed by atoms with Crippen LogP contribution in [0.5, 0.6) is 5.75 Å². The number of rotatable bonds is 3. The van der Waals surface area contributed by atoms with Crippen LogP contribution >= 0.6 is 0 Å². The monoisotopic (exact) mass is 333 g/mol. The van der Waals surface area contributed by atoms with Gasteiger partial charge in [0.25, 0.3) is 0 Å². The van der Waals surface area contributed by atoms with Gasteiger partial charge in [-0.3, -0.25) is 4.79 Å². The Hall–Kier alpha value is -3.08. The molecular weight excluding hydrogens is 314 g/mol. The number of carbonyl (C=O) groups excluding carboxylic acids is 1. The zero-order valence-corrected chi connectivity index (χ0v) is 13.7. The quantitative estimate of drug-likeness (QED) is 0.594. The zero-order chi connectivity index (χ0) is 17.4. The number of carbonyl (C=O) groups is 1. The van der Waals surface area contributed by atoms with Gasteiger partial charge in [-0.15, -0.1) is 0 Å². The number of phenols is 1. The lowest BCUT2D eigenvalue weighted by Crippen LogP contribution is -2.40. The van der Waals surface area contributed by atoms with Gasteiger partial charge in [-0.25, -0.2) is 4.99 Å². The summed E-state index contributed by atoms with van der Waals surface area (Å²) >= 11 is 0. The highest BCUT2D eigenvalue weighted by Crippen LogP contribution is 2.53. The maximum atomic E-state index is 12.4. The Labute approximate surface area is 145 Å². The smallest absolute Gasteiger partial charge is 0.235 e. The van der Waals surface area contributed by atoms with Gasteiger partial charge in [0.05, 0.1) is 22.5 Å². The second-order valence-electron chi connectivity index (χ2n) is 6.50. The van der Waals surface area contributed by atoms with E-state index in [1.807, 2.05) is 36.4 Å². The molecule has 25 heavy (non-hydrogen) atoms. The van der Waals surface area contributed by atoms with E-state index in [0.29, 0.717) is 11.4 Å². The first kappa shape index (κ1) is 15.4. The van der Waals surface area contributed by atoms with Crippen LogP contribution in [0.4, 0.5) is 11.4 Å². The Balaban J connectivity index is 1.84. The molecule has 5 nitrogen and oxygen atoms in total. The van der Waals surface area contributed by atoms with E-state index >= 15 is 0 Å². The molecule has 0 unspecified atom stereocenters. The summed E-state index contributed by atoms with van der Waals surface area (Å²) in [6, 6.07) is 13.1. The molecule has 2 aromatic carbocycles. The molecule has 4 N–H and O–H groups in total. The van der Waals surface area contributed by atoms with E-state index in [1.165, 1.54) is 6.20 Å². The van der Waals surface area contributed by atoms with E-state index in [-0.39, 0.29) is 11.7 Å². The molecule has 1 spiro atoms. The first-order chi connectivity index (χ1) is 12.1. The van der Waals surface area contributed by atoms with Crippen LogP contribution < -0.4 is 11.1 Å². The lowest BCUT2D eigenvalue weighted by atomic mass is 9.65. The molecule has 4 rings (SSSR count). The Kier molecular flexibility index (Phi) is 3.57. The van der Waals surface area contributed by atoms with Crippen LogP contribution in [0.15, 0.2) is 59.7 Å². The molecule has 0 saturated heterocycles. The van der Waals surface area contributed by atoms with Gasteiger partial charge in [0.2, 0.25) is 5.91 Å². The predicted octanol–water partition coefficient (Wildman–Crippen LogP) is 3.36. The van der Waals surface area contributed by atoms with Gasteiger partial charge in [0.1, 0.15) is 5.75 Å². The zero-order valence-electron chi connectivity index (χ0n) is 13.7. The van der Waals surface area contributed by atoms with Crippen molar-refractivity contribution in [3.63, 3.8) is 0 Å². The predicted molar refractivity (Wildman–Crippen MR) is 98.2 cm³/mol. The number of hydrogen-bond acceptors (Lipinski definition) is 4. The molecule has 1 aliphatic heterocycles. The number of allylic oxidation sites excluding steroid dienone is 1. The molecule has 1 aliphatic carbocycles. The van der Waals surface area contributed by atoms with Gasteiger partial charge >= 0.3 is 0 Å². The SMILES string of the molecule is NC=CC(=Nc1ccccc1)c1cc(O)c2c(c1)C1(CCC1)C(=O)N2. The average molecular weight is 333 g/mol. The summed E-state index contributed by atoms with van der Waals surface area (Å²) in [5.41, 5.74) is 8.67. The van der Waals surface area contributed by atoms with E-state index in [9.17, 15) is 9.90 Å². The highest BCUT2D eigenvalue weighted by atomic mass is 16.3. The number of para-hydroxylation sites is 1. The Morgan fingerprint density at radius 3 is 2.64 bits per heavy atom. The molecular formula is C20H19N3O2. The van der Waals surface area contributed by atoms with Crippen molar-refractivity contribution >= 4 is 23.0 Å². The largest absolute Gasteiger partial charge is 0.506 e. The number of nitrogens with one attached hydrogen (secondary N) is 1. The Morgan fingerprint density at radius 2 is 2.00 bits per heavy atom. The number of aliphatic imine (C=N–C) groups is 1. The van der Waals surface area contributed by atoms with Crippen molar-refractivity contribution in [3.05, 3.63) is 65.9 Å². The van der Waals surface area contributed by atoms with Gasteiger partial charge in [-0.05, 0) is 54.9 Å². The van der Waals surface area contributed by atoms with E-state index in [0.717, 1.165) is 36.1 Å². The summed E-state index contributed by atoms with van der Waals surface area (Å²) in [5.74, 6) is 0.0490. The van der Waals surface area contributed by atoms with Crippen molar-refractivity contribution in [2.45, 2.75) is 24.7 Å². The standard InChI is InChI=1S/C20H19N3O2/c21-10-7-16(22-14-5-2-1-3-6-14)13-11-15-18(17(24)12-13)23-19(25)20(15)8-4-9-20/h1-3,5-7,10-12,24H,4,8-9,21H2,(H,23,25). The highest BCUT2D eigenvalue weighted by molar-refractivity contribution is 6.13. The number of amides is 1. The maximum Gasteiger partial charge on any atom is 0.235 e. The molecule has 126 valence electrons. The number of anilines is 1. The molecule has 1 fully saturated rings. The van der Waals surface area contributed by atoms with Crippen LogP contribution in [-0.4, -0.2) is 16.7 Å². The molecule has 0 aromatic heterocycles. The van der Waals surface area contributed by atoms with E-state index < -0.39 is 5.41 Å². The summed E-state index contributed by atoms with van der Waals surface area (Å²) in [4.78, 5) is 17.0. The fraction of sp³-hybridized carbons (Fsp3) is 0.200. The average Bonchev–Trinajstić information content (AvgIpc) is 2.88. The number of nitrogens with zero attached hydrogens (tertiary/aromatic N) is 1. The van der Waals surface area contributed by atoms with Gasteiger partial charge in [0.15, 0.2) is 0 Å². The minimum absolute atomic E-state index is 0.0166. The number of hydrogen-bond donors (Lipinski definition) is 3. The summed E-state index contributed by atoms with van der Waals surface area (Å²) in [7, 11) is 0. The lowest BCUT2D eigenvalue weighted by molar-refractivity contribution is -0.123. The van der Waals surface area contributed by atoms with Gasteiger partial charge in [-0.2, -0.15) is 0 Å². The van der Waals surface area contributed by atoms with Crippen LogP contribution in [0.2, 0.25) is 0 Å². The summed E-state index contributed by atoms with van der Waals surface area (Å²) in [6.45, 7) is 0. The molecule has 2 aromatic rings. The second-order valence-corrected chi connectivity index (χ2v) is 6.50. The lowest BCUT2D eigenvalue weighted by Gasteiger charge is -2.36. The molecule has 0 radical (unpaired) electrons. The topological polar surface area (TPSA) is 87.7 Å². The minimum atomic E-state index is -0.493. The van der Waals surface area contributed by atoms with Crippen molar-refractivity contribution in [2.75, 3.05) is 5.32 Å². The van der Waals surface area contributed by atoms with Crippen LogP contribution in [0.25, 0.3) is 0 Å². The first-order valence-electron chi connectivity index (χ1n) is 8.35. The van der Waals surface area contributed by atoms with E-state index in [1.54, 1.807) is 12.1 Å². The normalized spacial score (nSPS) is 18.2. The molecule has 5 heteroatoms. The van der Waals surface area contributed by atoms with Crippen molar-refractivity contribution in [2.24, 2.45) is 10.7 Å². The highest BCUT2D eigenvalue weighted by Gasteiger charge is 2.52. The fourth-order valence-electron chi connectivity index (χ4n) is 3.60. The fourth-order valence-corrected chi connectivity index (χ4v) is 3.60. The van der Waals surface area contributed by atoms with Gasteiger partial charge in [0, 0.05) is 5.56 Å². The van der Waals surface area contributed by atoms with Crippen LogP contribution in [0, 0.1) is 0 Å². The van der Waals surface area contributed by atoms with Crippen LogP contribution in [0.1, 0.15) is 30.4 Å². The van der Waals surface area contributed by atoms with Crippen molar-refractivity contribution in [1.29, 1.82) is 0 Å². The van der Waals surface area contributed by atoms with Crippen molar-refractivity contribution in [3.8, 4) is 5.75 Å². The molecule has 2 aliphatic rings. The van der Waals surface area contributed by atoms with Gasteiger partial charge in [-0.1, -0.05) is 24.6 Å². The number of fused-ring (bicyclic) bond motifs is 2. The van der Waals surface area contributed by atoms with E-state index in [4.69, 9.17) is 5.73 Å². The number of phenolic OH excluding ortho intramolecular Hbond substituents is 1. The molecule has 0 bridgehead atoms. The number of aromatic hydroxyl groups is 1. The summed E-state index contributed by atoms with van der Waals surface area (Å²) < 4.78 is 0. The maximum absolute atomic E-state index is 12.4. The second kappa shape index (κ2) is 5.77. The molecule has 0 atom stereocenters. The Morgan fingerprint density at radius 1 is 1.24 bits per heavy atom. The number of benzene rings is 2. The number of nitrogens with two attached hydrogens (primary N) is 1.